The second kappa shape index (κ2) is 8.44. The Morgan fingerprint density at radius 1 is 1.31 bits per heavy atom. The number of oxime groups is 1. The van der Waals surface area contributed by atoms with Crippen molar-refractivity contribution in [2.75, 3.05) is 26.3 Å². The maximum atomic E-state index is 13.6. The molecule has 2 fully saturated rings. The molecule has 0 aromatic heterocycles. The molecule has 1 aromatic carbocycles. The first-order valence-electron chi connectivity index (χ1n) is 10.8. The minimum atomic E-state index is -0.457. The van der Waals surface area contributed by atoms with Gasteiger partial charge in [-0.1, -0.05) is 36.3 Å². The van der Waals surface area contributed by atoms with Crippen LogP contribution >= 0.6 is 0 Å². The predicted octanol–water partition coefficient (Wildman–Crippen LogP) is 2.90. The van der Waals surface area contributed by atoms with Gasteiger partial charge in [0.2, 0.25) is 5.91 Å². The molecule has 3 unspecified atom stereocenters. The van der Waals surface area contributed by atoms with E-state index in [4.69, 9.17) is 9.57 Å². The van der Waals surface area contributed by atoms with Crippen LogP contribution in [0.1, 0.15) is 50.2 Å². The van der Waals surface area contributed by atoms with Crippen molar-refractivity contribution in [3.63, 3.8) is 0 Å². The fourth-order valence-electron chi connectivity index (χ4n) is 4.95. The smallest absolute Gasteiger partial charge is 0.229 e. The standard InChI is InChI=1S/C23H32N2O4/c1-16-5-3-4-6-19(16)20-13-18(29-24-20)14-23(8-11-28-12-9-23)22(27)25-10-7-21(26)17(2)15-25/h3-6,17-18,21,26H,7-15H2,1-2H3. The summed E-state index contributed by atoms with van der Waals surface area (Å²) < 4.78 is 5.59. The summed E-state index contributed by atoms with van der Waals surface area (Å²) in [4.78, 5) is 21.4. The molecule has 1 N–H and O–H groups in total. The molecular formula is C23H32N2O4. The van der Waals surface area contributed by atoms with Crippen LogP contribution in [0.25, 0.3) is 0 Å². The maximum absolute atomic E-state index is 13.6. The van der Waals surface area contributed by atoms with Gasteiger partial charge in [-0.15, -0.1) is 0 Å². The number of amides is 1. The Balaban J connectivity index is 1.47. The number of likely N-dealkylation sites (tertiary alicyclic amines) is 1. The number of nitrogens with zero attached hydrogens (tertiary/aromatic N) is 2. The lowest BCUT2D eigenvalue weighted by atomic mass is 9.73. The molecule has 1 aromatic rings. The number of carbonyl (C=O) groups is 1. The van der Waals surface area contributed by atoms with Crippen molar-refractivity contribution in [2.45, 2.75) is 58.2 Å². The molecule has 158 valence electrons. The lowest BCUT2D eigenvalue weighted by Crippen LogP contribution is -2.53. The van der Waals surface area contributed by atoms with Gasteiger partial charge in [-0.2, -0.15) is 0 Å². The molecule has 0 radical (unpaired) electrons. The van der Waals surface area contributed by atoms with Crippen LogP contribution in [0, 0.1) is 18.3 Å². The van der Waals surface area contributed by atoms with Crippen LogP contribution < -0.4 is 0 Å². The zero-order valence-electron chi connectivity index (χ0n) is 17.5. The van der Waals surface area contributed by atoms with Gasteiger partial charge < -0.3 is 19.6 Å². The lowest BCUT2D eigenvalue weighted by Gasteiger charge is -2.43. The molecule has 0 bridgehead atoms. The molecule has 1 amide bonds. The van der Waals surface area contributed by atoms with E-state index in [2.05, 4.69) is 24.2 Å². The molecule has 29 heavy (non-hydrogen) atoms. The Labute approximate surface area is 172 Å². The zero-order chi connectivity index (χ0) is 20.4. The maximum Gasteiger partial charge on any atom is 0.229 e. The molecule has 6 heteroatoms. The number of ether oxygens (including phenoxy) is 1. The SMILES string of the molecule is Cc1ccccc1C1=NOC(CC2(C(=O)N3CCC(O)C(C)C3)CCOCC2)C1. The van der Waals surface area contributed by atoms with Gasteiger partial charge in [0.05, 0.1) is 17.2 Å². The summed E-state index contributed by atoms with van der Waals surface area (Å²) in [6.07, 6.45) is 3.10. The van der Waals surface area contributed by atoms with Gasteiger partial charge in [0.15, 0.2) is 0 Å². The fraction of sp³-hybridized carbons (Fsp3) is 0.652. The van der Waals surface area contributed by atoms with Gasteiger partial charge in [-0.25, -0.2) is 0 Å². The van der Waals surface area contributed by atoms with Crippen molar-refractivity contribution in [1.29, 1.82) is 0 Å². The molecule has 3 aliphatic heterocycles. The van der Waals surface area contributed by atoms with E-state index >= 15 is 0 Å². The molecule has 0 aliphatic carbocycles. The zero-order valence-corrected chi connectivity index (χ0v) is 17.5. The Hall–Kier alpha value is -1.92. The first-order valence-corrected chi connectivity index (χ1v) is 10.8. The summed E-state index contributed by atoms with van der Waals surface area (Å²) >= 11 is 0. The summed E-state index contributed by atoms with van der Waals surface area (Å²) in [6, 6.07) is 8.21. The van der Waals surface area contributed by atoms with Crippen molar-refractivity contribution < 1.29 is 19.5 Å². The lowest BCUT2D eigenvalue weighted by molar-refractivity contribution is -0.155. The fourth-order valence-corrected chi connectivity index (χ4v) is 4.95. The summed E-state index contributed by atoms with van der Waals surface area (Å²) in [5.74, 6) is 0.316. The number of carbonyl (C=O) groups excluding carboxylic acids is 1. The van der Waals surface area contributed by atoms with Crippen molar-refractivity contribution in [1.82, 2.24) is 4.90 Å². The summed E-state index contributed by atoms with van der Waals surface area (Å²) in [5.41, 5.74) is 2.83. The average Bonchev–Trinajstić information content (AvgIpc) is 3.18. The quantitative estimate of drug-likeness (QED) is 0.844. The van der Waals surface area contributed by atoms with E-state index in [-0.39, 0.29) is 24.0 Å². The van der Waals surface area contributed by atoms with Gasteiger partial charge in [-0.3, -0.25) is 4.79 Å². The van der Waals surface area contributed by atoms with E-state index in [1.807, 2.05) is 24.0 Å². The molecular weight excluding hydrogens is 368 g/mol. The Kier molecular flexibility index (Phi) is 5.93. The molecule has 0 spiro atoms. The van der Waals surface area contributed by atoms with Crippen molar-refractivity contribution >= 4 is 11.6 Å². The number of hydrogen-bond acceptors (Lipinski definition) is 5. The third-order valence-corrected chi connectivity index (χ3v) is 6.86. The number of aliphatic hydroxyl groups is 1. The highest BCUT2D eigenvalue weighted by atomic mass is 16.6. The molecule has 3 aliphatic rings. The van der Waals surface area contributed by atoms with Crippen LogP contribution in [-0.4, -0.2) is 60.1 Å². The topological polar surface area (TPSA) is 71.4 Å². The highest BCUT2D eigenvalue weighted by molar-refractivity contribution is 6.02. The number of aryl methyl sites for hydroxylation is 1. The molecule has 6 nitrogen and oxygen atoms in total. The van der Waals surface area contributed by atoms with Gasteiger partial charge in [0.1, 0.15) is 6.10 Å². The number of benzene rings is 1. The first-order chi connectivity index (χ1) is 14.0. The van der Waals surface area contributed by atoms with Crippen LogP contribution in [0.3, 0.4) is 0 Å². The molecule has 3 atom stereocenters. The van der Waals surface area contributed by atoms with E-state index in [1.165, 1.54) is 5.56 Å². The minimum absolute atomic E-state index is 0.0838. The Morgan fingerprint density at radius 3 is 2.79 bits per heavy atom. The molecule has 2 saturated heterocycles. The third-order valence-electron chi connectivity index (χ3n) is 6.86. The van der Waals surface area contributed by atoms with Crippen molar-refractivity contribution in [3.8, 4) is 0 Å². The van der Waals surface area contributed by atoms with Crippen LogP contribution in [-0.2, 0) is 14.4 Å². The van der Waals surface area contributed by atoms with Gasteiger partial charge in [0, 0.05) is 44.7 Å². The van der Waals surface area contributed by atoms with Gasteiger partial charge in [-0.05, 0) is 37.7 Å². The monoisotopic (exact) mass is 400 g/mol. The normalized spacial score (nSPS) is 29.3. The number of aliphatic hydroxyl groups excluding tert-OH is 1. The van der Waals surface area contributed by atoms with Crippen LogP contribution in [0.2, 0.25) is 0 Å². The van der Waals surface area contributed by atoms with Gasteiger partial charge >= 0.3 is 0 Å². The van der Waals surface area contributed by atoms with Crippen LogP contribution in [0.4, 0.5) is 0 Å². The second-order valence-electron chi connectivity index (χ2n) is 8.97. The summed E-state index contributed by atoms with van der Waals surface area (Å²) in [6.45, 7) is 6.57. The summed E-state index contributed by atoms with van der Waals surface area (Å²) in [5, 5.41) is 14.4. The van der Waals surface area contributed by atoms with E-state index in [1.54, 1.807) is 0 Å². The number of piperidine rings is 1. The van der Waals surface area contributed by atoms with Crippen molar-refractivity contribution in [2.24, 2.45) is 16.5 Å². The largest absolute Gasteiger partial charge is 0.393 e. The highest BCUT2D eigenvalue weighted by Gasteiger charge is 2.46. The van der Waals surface area contributed by atoms with Crippen molar-refractivity contribution in [3.05, 3.63) is 35.4 Å². The highest BCUT2D eigenvalue weighted by Crippen LogP contribution is 2.41. The van der Waals surface area contributed by atoms with E-state index in [0.717, 1.165) is 30.5 Å². The van der Waals surface area contributed by atoms with Crippen LogP contribution in [0.5, 0.6) is 0 Å². The van der Waals surface area contributed by atoms with Crippen LogP contribution in [0.15, 0.2) is 29.4 Å². The van der Waals surface area contributed by atoms with E-state index < -0.39 is 5.41 Å². The van der Waals surface area contributed by atoms with Gasteiger partial charge in [0.25, 0.3) is 0 Å². The predicted molar refractivity (Wildman–Crippen MR) is 111 cm³/mol. The number of hydrogen-bond donors (Lipinski definition) is 1. The second-order valence-corrected chi connectivity index (χ2v) is 8.97. The average molecular weight is 401 g/mol. The van der Waals surface area contributed by atoms with E-state index in [9.17, 15) is 9.90 Å². The molecule has 0 saturated carbocycles. The first kappa shape index (κ1) is 20.4. The minimum Gasteiger partial charge on any atom is -0.393 e. The Bertz CT molecular complexity index is 772. The molecule has 3 heterocycles. The molecule has 4 rings (SSSR count). The number of rotatable bonds is 4. The third kappa shape index (κ3) is 4.19. The Morgan fingerprint density at radius 2 is 2.07 bits per heavy atom. The van der Waals surface area contributed by atoms with E-state index in [0.29, 0.717) is 39.1 Å². The summed E-state index contributed by atoms with van der Waals surface area (Å²) in [7, 11) is 0.